The third kappa shape index (κ3) is 47.4. The summed E-state index contributed by atoms with van der Waals surface area (Å²) in [5, 5.41) is 54.9. The van der Waals surface area contributed by atoms with Crippen LogP contribution in [0.15, 0.2) is 12.2 Å². The summed E-state index contributed by atoms with van der Waals surface area (Å²) in [4.78, 5) is 13.1. The normalized spacial score (nSPS) is 18.6. The van der Waals surface area contributed by atoms with Crippen molar-refractivity contribution in [3.8, 4) is 0 Å². The van der Waals surface area contributed by atoms with Gasteiger partial charge in [-0.05, 0) is 38.5 Å². The average molecular weight is 1110 g/mol. The van der Waals surface area contributed by atoms with Crippen LogP contribution >= 0.6 is 0 Å². The highest BCUT2D eigenvalue weighted by Gasteiger charge is 2.44. The van der Waals surface area contributed by atoms with Crippen LogP contribution in [0.25, 0.3) is 0 Å². The Labute approximate surface area is 484 Å². The van der Waals surface area contributed by atoms with Crippen molar-refractivity contribution in [1.82, 2.24) is 5.32 Å². The molecule has 0 aromatic heterocycles. The van der Waals surface area contributed by atoms with E-state index >= 15 is 0 Å². The van der Waals surface area contributed by atoms with E-state index in [0.717, 1.165) is 38.5 Å². The number of nitrogens with one attached hydrogen (secondary N) is 1. The standard InChI is InChI=1S/C69H135NO8/c1-3-5-7-9-11-13-15-17-19-21-23-25-27-28-29-30-31-32-33-34-35-36-37-39-41-43-45-47-49-51-53-55-57-59-65(73)70-62(61-77-69-68(76)67(75)66(74)64(60-71)78-69)63(72)58-56-54-52-50-48-46-44-42-40-38-26-24-22-20-18-16-14-12-10-8-6-4-2/h28-29,62-64,66-69,71-72,74-76H,3-27,30-61H2,1-2H3,(H,70,73)/b29-28-. The topological polar surface area (TPSA) is 149 Å². The summed E-state index contributed by atoms with van der Waals surface area (Å²) in [6, 6.07) is -0.717. The van der Waals surface area contributed by atoms with Crippen LogP contribution in [0.4, 0.5) is 0 Å². The van der Waals surface area contributed by atoms with E-state index in [1.54, 1.807) is 0 Å². The lowest BCUT2D eigenvalue weighted by molar-refractivity contribution is -0.302. The van der Waals surface area contributed by atoms with Gasteiger partial charge in [-0.2, -0.15) is 0 Å². The molecule has 0 aliphatic carbocycles. The molecule has 7 atom stereocenters. The molecule has 1 heterocycles. The quantitative estimate of drug-likeness (QED) is 0.0261. The van der Waals surface area contributed by atoms with Gasteiger partial charge < -0.3 is 40.3 Å². The molecular formula is C69H135NO8. The number of carbonyl (C=O) groups is 1. The summed E-state index contributed by atoms with van der Waals surface area (Å²) < 4.78 is 11.4. The van der Waals surface area contributed by atoms with Gasteiger partial charge >= 0.3 is 0 Å². The Balaban J connectivity index is 2.09. The monoisotopic (exact) mass is 1110 g/mol. The number of rotatable bonds is 62. The summed E-state index contributed by atoms with van der Waals surface area (Å²) in [5.41, 5.74) is 0. The number of carbonyl (C=O) groups excluding carboxylic acids is 1. The fraction of sp³-hybridized carbons (Fsp3) is 0.957. The first-order valence-corrected chi connectivity index (χ1v) is 34.9. The molecule has 1 saturated heterocycles. The van der Waals surface area contributed by atoms with Gasteiger partial charge in [0.15, 0.2) is 6.29 Å². The molecule has 7 unspecified atom stereocenters. The van der Waals surface area contributed by atoms with Crippen LogP contribution in [0.1, 0.15) is 367 Å². The number of amides is 1. The molecule has 9 heteroatoms. The summed E-state index contributed by atoms with van der Waals surface area (Å²) >= 11 is 0. The Morgan fingerprint density at radius 2 is 0.718 bits per heavy atom. The van der Waals surface area contributed by atoms with Crippen molar-refractivity contribution >= 4 is 5.91 Å². The van der Waals surface area contributed by atoms with Crippen molar-refractivity contribution in [3.05, 3.63) is 12.2 Å². The molecule has 1 aliphatic rings. The van der Waals surface area contributed by atoms with Crippen molar-refractivity contribution in [2.45, 2.75) is 410 Å². The smallest absolute Gasteiger partial charge is 0.220 e. The van der Waals surface area contributed by atoms with Gasteiger partial charge in [-0.1, -0.05) is 334 Å². The zero-order valence-electron chi connectivity index (χ0n) is 52.0. The molecule has 0 radical (unpaired) electrons. The van der Waals surface area contributed by atoms with E-state index in [4.69, 9.17) is 9.47 Å². The van der Waals surface area contributed by atoms with E-state index in [0.29, 0.717) is 12.8 Å². The van der Waals surface area contributed by atoms with E-state index in [2.05, 4.69) is 31.3 Å². The first-order valence-electron chi connectivity index (χ1n) is 34.9. The minimum atomic E-state index is -1.55. The van der Waals surface area contributed by atoms with Crippen molar-refractivity contribution in [2.24, 2.45) is 0 Å². The van der Waals surface area contributed by atoms with E-state index in [-0.39, 0.29) is 12.5 Å². The first-order chi connectivity index (χ1) is 38.3. The minimum Gasteiger partial charge on any atom is -0.394 e. The second kappa shape index (κ2) is 59.1. The highest BCUT2D eigenvalue weighted by molar-refractivity contribution is 5.76. The first kappa shape index (κ1) is 74.9. The Hall–Kier alpha value is -1.07. The number of aliphatic hydroxyl groups is 5. The van der Waals surface area contributed by atoms with E-state index in [1.165, 1.54) is 302 Å². The zero-order chi connectivity index (χ0) is 56.5. The third-order valence-corrected chi connectivity index (χ3v) is 17.1. The van der Waals surface area contributed by atoms with Gasteiger partial charge in [0.2, 0.25) is 5.91 Å². The van der Waals surface area contributed by atoms with E-state index in [9.17, 15) is 30.3 Å². The highest BCUT2D eigenvalue weighted by Crippen LogP contribution is 2.24. The highest BCUT2D eigenvalue weighted by atomic mass is 16.7. The molecule has 0 saturated carbocycles. The van der Waals surface area contributed by atoms with Gasteiger partial charge in [0, 0.05) is 6.42 Å². The lowest BCUT2D eigenvalue weighted by atomic mass is 9.99. The molecule has 9 nitrogen and oxygen atoms in total. The van der Waals surface area contributed by atoms with Gasteiger partial charge in [0.05, 0.1) is 25.4 Å². The third-order valence-electron chi connectivity index (χ3n) is 17.1. The van der Waals surface area contributed by atoms with Crippen LogP contribution < -0.4 is 5.32 Å². The number of unbranched alkanes of at least 4 members (excludes halogenated alkanes) is 50. The molecule has 78 heavy (non-hydrogen) atoms. The van der Waals surface area contributed by atoms with Gasteiger partial charge in [-0.3, -0.25) is 4.79 Å². The molecule has 0 spiro atoms. The maximum atomic E-state index is 13.1. The van der Waals surface area contributed by atoms with Gasteiger partial charge in [0.25, 0.3) is 0 Å². The second-order valence-electron chi connectivity index (χ2n) is 24.7. The summed E-state index contributed by atoms with van der Waals surface area (Å²) in [6.07, 6.45) is 68.5. The average Bonchev–Trinajstić information content (AvgIpc) is 3.45. The predicted molar refractivity (Wildman–Crippen MR) is 332 cm³/mol. The summed E-state index contributed by atoms with van der Waals surface area (Å²) in [7, 11) is 0. The van der Waals surface area contributed by atoms with Crippen molar-refractivity contribution < 1.29 is 39.8 Å². The fourth-order valence-corrected chi connectivity index (χ4v) is 11.6. The molecule has 0 aromatic rings. The van der Waals surface area contributed by atoms with Gasteiger partial charge in [-0.15, -0.1) is 0 Å². The molecule has 464 valence electrons. The van der Waals surface area contributed by atoms with Crippen molar-refractivity contribution in [2.75, 3.05) is 13.2 Å². The molecule has 1 fully saturated rings. The Kier molecular flexibility index (Phi) is 56.8. The van der Waals surface area contributed by atoms with Crippen molar-refractivity contribution in [1.29, 1.82) is 0 Å². The van der Waals surface area contributed by atoms with Gasteiger partial charge in [-0.25, -0.2) is 0 Å². The SMILES string of the molecule is CCCCCCCCCCCCCC/C=C\CCCCCCCCCCCCCCCCCCCC(=O)NC(COC1OC(CO)C(O)C(O)C1O)C(O)CCCCCCCCCCCCCCCCCCCCCCCC. The van der Waals surface area contributed by atoms with Gasteiger partial charge in [0.1, 0.15) is 24.4 Å². The number of hydrogen-bond donors (Lipinski definition) is 6. The molecule has 0 aromatic carbocycles. The number of allylic oxidation sites excluding steroid dienone is 2. The lowest BCUT2D eigenvalue weighted by Gasteiger charge is -2.40. The number of aliphatic hydroxyl groups excluding tert-OH is 5. The minimum absolute atomic E-state index is 0.132. The Bertz CT molecular complexity index is 1240. The summed E-state index contributed by atoms with van der Waals surface area (Å²) in [6.45, 7) is 3.90. The largest absolute Gasteiger partial charge is 0.394 e. The lowest BCUT2D eigenvalue weighted by Crippen LogP contribution is -2.60. The van der Waals surface area contributed by atoms with Crippen molar-refractivity contribution in [3.63, 3.8) is 0 Å². The molecule has 6 N–H and O–H groups in total. The molecule has 0 bridgehead atoms. The van der Waals surface area contributed by atoms with Crippen LogP contribution in [0, 0.1) is 0 Å². The maximum Gasteiger partial charge on any atom is 0.220 e. The van der Waals surface area contributed by atoms with Crippen LogP contribution in [-0.2, 0) is 14.3 Å². The molecular weight excluding hydrogens is 971 g/mol. The van der Waals surface area contributed by atoms with Crippen LogP contribution in [0.3, 0.4) is 0 Å². The Morgan fingerprint density at radius 1 is 0.423 bits per heavy atom. The fourth-order valence-electron chi connectivity index (χ4n) is 11.6. The van der Waals surface area contributed by atoms with E-state index in [1.807, 2.05) is 0 Å². The number of ether oxygens (including phenoxy) is 2. The van der Waals surface area contributed by atoms with E-state index < -0.39 is 49.5 Å². The predicted octanol–water partition coefficient (Wildman–Crippen LogP) is 18.7. The van der Waals surface area contributed by atoms with Crippen LogP contribution in [-0.4, -0.2) is 87.5 Å². The van der Waals surface area contributed by atoms with Crippen LogP contribution in [0.2, 0.25) is 0 Å². The molecule has 1 rings (SSSR count). The zero-order valence-corrected chi connectivity index (χ0v) is 52.0. The number of hydrogen-bond acceptors (Lipinski definition) is 8. The second-order valence-corrected chi connectivity index (χ2v) is 24.7. The summed E-state index contributed by atoms with van der Waals surface area (Å²) in [5.74, 6) is -0.135. The molecule has 1 aliphatic heterocycles. The Morgan fingerprint density at radius 3 is 1.04 bits per heavy atom. The van der Waals surface area contributed by atoms with Crippen LogP contribution in [0.5, 0.6) is 0 Å². The maximum absolute atomic E-state index is 13.1. The molecule has 1 amide bonds.